The Morgan fingerprint density at radius 1 is 1.00 bits per heavy atom. The summed E-state index contributed by atoms with van der Waals surface area (Å²) in [5.74, 6) is 0.203. The predicted octanol–water partition coefficient (Wildman–Crippen LogP) is 2.99. The van der Waals surface area contributed by atoms with Gasteiger partial charge in [0, 0.05) is 11.8 Å². The summed E-state index contributed by atoms with van der Waals surface area (Å²) in [6, 6.07) is 0. The van der Waals surface area contributed by atoms with Gasteiger partial charge >= 0.3 is 0 Å². The van der Waals surface area contributed by atoms with Crippen molar-refractivity contribution in [3.8, 4) is 0 Å². The van der Waals surface area contributed by atoms with Crippen LogP contribution in [0.4, 0.5) is 0 Å². The summed E-state index contributed by atoms with van der Waals surface area (Å²) in [4.78, 5) is 0. The number of fused-ring (bicyclic) bond motifs is 5. The topological polar surface area (TPSA) is 60.7 Å². The molecule has 6 atom stereocenters. The van der Waals surface area contributed by atoms with E-state index in [1.165, 1.54) is 5.57 Å². The van der Waals surface area contributed by atoms with Crippen molar-refractivity contribution < 1.29 is 15.3 Å². The molecule has 3 saturated carbocycles. The Kier molecular flexibility index (Phi) is 3.16. The minimum Gasteiger partial charge on any atom is -0.393 e. The van der Waals surface area contributed by atoms with Gasteiger partial charge in [0.15, 0.2) is 5.79 Å². The summed E-state index contributed by atoms with van der Waals surface area (Å²) in [5, 5.41) is 31.0. The molecule has 0 radical (unpaired) electrons. The molecule has 0 aromatic heterocycles. The highest BCUT2D eigenvalue weighted by atomic mass is 16.5. The molecule has 0 unspecified atom stereocenters. The number of rotatable bonds is 0. The van der Waals surface area contributed by atoms with E-state index in [9.17, 15) is 15.3 Å². The van der Waals surface area contributed by atoms with Gasteiger partial charge in [-0.25, -0.2) is 0 Å². The molecule has 4 aliphatic rings. The molecular formula is C19H30O3. The van der Waals surface area contributed by atoms with Crippen LogP contribution in [0, 0.1) is 28.6 Å². The second-order valence-electron chi connectivity index (χ2n) is 8.97. The second kappa shape index (κ2) is 4.58. The fourth-order valence-corrected chi connectivity index (χ4v) is 6.63. The highest BCUT2D eigenvalue weighted by Crippen LogP contribution is 2.66. The monoisotopic (exact) mass is 306 g/mol. The fourth-order valence-electron chi connectivity index (χ4n) is 6.63. The van der Waals surface area contributed by atoms with Crippen molar-refractivity contribution in [2.75, 3.05) is 0 Å². The average molecular weight is 306 g/mol. The van der Waals surface area contributed by atoms with Crippen molar-refractivity contribution in [1.29, 1.82) is 0 Å². The molecular weight excluding hydrogens is 276 g/mol. The molecule has 0 spiro atoms. The van der Waals surface area contributed by atoms with Crippen LogP contribution in [0.5, 0.6) is 0 Å². The molecule has 22 heavy (non-hydrogen) atoms. The van der Waals surface area contributed by atoms with Crippen LogP contribution in [0.25, 0.3) is 0 Å². The zero-order chi connectivity index (χ0) is 15.8. The molecule has 4 rings (SSSR count). The molecule has 0 aliphatic heterocycles. The summed E-state index contributed by atoms with van der Waals surface area (Å²) in [5.41, 5.74) is 1.39. The number of aliphatic hydroxyl groups is 3. The minimum absolute atomic E-state index is 0.154. The summed E-state index contributed by atoms with van der Waals surface area (Å²) in [6.45, 7) is 4.51. The molecule has 0 bridgehead atoms. The molecule has 4 aliphatic carbocycles. The molecule has 3 N–H and O–H groups in total. The molecule has 0 saturated heterocycles. The third-order valence-electron chi connectivity index (χ3n) is 8.19. The van der Waals surface area contributed by atoms with E-state index in [-0.39, 0.29) is 16.9 Å². The van der Waals surface area contributed by atoms with Gasteiger partial charge in [0.25, 0.3) is 0 Å². The van der Waals surface area contributed by atoms with E-state index < -0.39 is 5.79 Å². The van der Waals surface area contributed by atoms with Crippen LogP contribution in [0.15, 0.2) is 11.6 Å². The molecule has 0 amide bonds. The third kappa shape index (κ3) is 1.79. The van der Waals surface area contributed by atoms with Crippen LogP contribution in [-0.2, 0) is 0 Å². The number of aliphatic hydroxyl groups excluding tert-OH is 1. The first-order valence-electron chi connectivity index (χ1n) is 9.10. The van der Waals surface area contributed by atoms with Gasteiger partial charge in [-0.05, 0) is 68.1 Å². The lowest BCUT2D eigenvalue weighted by Gasteiger charge is -2.58. The first-order valence-corrected chi connectivity index (χ1v) is 9.10. The summed E-state index contributed by atoms with van der Waals surface area (Å²) >= 11 is 0. The highest BCUT2D eigenvalue weighted by molar-refractivity contribution is 5.25. The summed E-state index contributed by atoms with van der Waals surface area (Å²) < 4.78 is 0. The largest absolute Gasteiger partial charge is 0.393 e. The zero-order valence-corrected chi connectivity index (χ0v) is 13.9. The van der Waals surface area contributed by atoms with E-state index in [1.54, 1.807) is 0 Å². The Morgan fingerprint density at radius 2 is 1.73 bits per heavy atom. The Hall–Kier alpha value is -0.380. The molecule has 124 valence electrons. The van der Waals surface area contributed by atoms with Gasteiger partial charge < -0.3 is 15.3 Å². The SMILES string of the molecule is C[C@]12CC[C@H](O)CC1=CC[C@@H]1[C@@H]2CC[C@@]2(C)[C@H]1CCC2(O)O. The second-order valence-corrected chi connectivity index (χ2v) is 8.97. The van der Waals surface area contributed by atoms with Crippen LogP contribution in [0.3, 0.4) is 0 Å². The maximum atomic E-state index is 10.5. The van der Waals surface area contributed by atoms with Gasteiger partial charge in [0.1, 0.15) is 0 Å². The van der Waals surface area contributed by atoms with Crippen LogP contribution in [0.1, 0.15) is 65.2 Å². The van der Waals surface area contributed by atoms with Crippen molar-refractivity contribution in [2.24, 2.45) is 28.6 Å². The Morgan fingerprint density at radius 3 is 2.50 bits per heavy atom. The molecule has 3 nitrogen and oxygen atoms in total. The first-order chi connectivity index (χ1) is 10.3. The van der Waals surface area contributed by atoms with Gasteiger partial charge in [-0.2, -0.15) is 0 Å². The van der Waals surface area contributed by atoms with Crippen molar-refractivity contribution in [3.05, 3.63) is 11.6 Å². The maximum Gasteiger partial charge on any atom is 0.168 e. The molecule has 3 heteroatoms. The fraction of sp³-hybridized carbons (Fsp3) is 0.895. The summed E-state index contributed by atoms with van der Waals surface area (Å²) in [6.07, 6.45) is 9.68. The number of allylic oxidation sites excluding steroid dienone is 1. The van der Waals surface area contributed by atoms with E-state index in [2.05, 4.69) is 19.9 Å². The maximum absolute atomic E-state index is 10.5. The average Bonchev–Trinajstić information content (AvgIpc) is 2.70. The summed E-state index contributed by atoms with van der Waals surface area (Å²) in [7, 11) is 0. The number of hydrogen-bond acceptors (Lipinski definition) is 3. The van der Waals surface area contributed by atoms with Crippen molar-refractivity contribution in [1.82, 2.24) is 0 Å². The molecule has 3 fully saturated rings. The van der Waals surface area contributed by atoms with Gasteiger partial charge in [-0.1, -0.05) is 25.5 Å². The minimum atomic E-state index is -1.48. The van der Waals surface area contributed by atoms with Gasteiger partial charge in [0.2, 0.25) is 0 Å². The lowest BCUT2D eigenvalue weighted by atomic mass is 9.47. The van der Waals surface area contributed by atoms with Crippen molar-refractivity contribution >= 4 is 0 Å². The molecule has 0 aromatic carbocycles. The van der Waals surface area contributed by atoms with E-state index >= 15 is 0 Å². The van der Waals surface area contributed by atoms with Crippen molar-refractivity contribution in [3.63, 3.8) is 0 Å². The van der Waals surface area contributed by atoms with Gasteiger partial charge in [0.05, 0.1) is 6.10 Å². The van der Waals surface area contributed by atoms with Crippen molar-refractivity contribution in [2.45, 2.75) is 77.1 Å². The standard InChI is InChI=1S/C19H30O3/c1-17-8-5-13(20)11-12(17)3-4-14-15(17)6-9-18(2)16(14)7-10-19(18,21)22/h3,13-16,20-22H,4-11H2,1-2H3/t13-,14+,15-,16-,17-,18-/m0/s1. The quantitative estimate of drug-likeness (QED) is 0.476. The first kappa shape index (κ1) is 15.2. The van der Waals surface area contributed by atoms with E-state index in [4.69, 9.17) is 0 Å². The van der Waals surface area contributed by atoms with E-state index in [0.29, 0.717) is 24.2 Å². The highest BCUT2D eigenvalue weighted by Gasteiger charge is 2.63. The predicted molar refractivity (Wildman–Crippen MR) is 84.9 cm³/mol. The lowest BCUT2D eigenvalue weighted by molar-refractivity contribution is -0.246. The van der Waals surface area contributed by atoms with Crippen LogP contribution in [-0.4, -0.2) is 27.2 Å². The Bertz CT molecular complexity index is 511. The van der Waals surface area contributed by atoms with Crippen LogP contribution in [0.2, 0.25) is 0 Å². The Labute approximate surface area is 133 Å². The van der Waals surface area contributed by atoms with Crippen LogP contribution < -0.4 is 0 Å². The zero-order valence-electron chi connectivity index (χ0n) is 13.9. The smallest absolute Gasteiger partial charge is 0.168 e. The van der Waals surface area contributed by atoms with Crippen LogP contribution >= 0.6 is 0 Å². The van der Waals surface area contributed by atoms with E-state index in [0.717, 1.165) is 44.9 Å². The molecule has 0 heterocycles. The number of hydrogen-bond donors (Lipinski definition) is 3. The molecule has 0 aromatic rings. The Balaban J connectivity index is 1.69. The van der Waals surface area contributed by atoms with E-state index in [1.807, 2.05) is 0 Å². The normalized spacial score (nSPS) is 53.2. The lowest BCUT2D eigenvalue weighted by Crippen LogP contribution is -2.54. The van der Waals surface area contributed by atoms with Gasteiger partial charge in [-0.15, -0.1) is 0 Å². The third-order valence-corrected chi connectivity index (χ3v) is 8.19. The van der Waals surface area contributed by atoms with Gasteiger partial charge in [-0.3, -0.25) is 0 Å².